The van der Waals surface area contributed by atoms with Crippen molar-refractivity contribution in [1.82, 2.24) is 0 Å². The number of nitrogens with two attached hydrogens (primary N) is 2. The van der Waals surface area contributed by atoms with Gasteiger partial charge in [-0.05, 0) is 60.9 Å². The van der Waals surface area contributed by atoms with Crippen LogP contribution in [0.15, 0.2) is 71.1 Å². The number of fused-ring (bicyclic) bond motifs is 1. The summed E-state index contributed by atoms with van der Waals surface area (Å²) in [6.45, 7) is 4.81. The SMILES string of the molecule is COCC(C)OC(=O)Cc1ccccc1OCc1cc(-c2cccc(CN)c2)c2oc(C(C)N)cc2c1. The van der Waals surface area contributed by atoms with Crippen molar-refractivity contribution < 1.29 is 23.4 Å². The zero-order chi connectivity index (χ0) is 26.4. The quantitative estimate of drug-likeness (QED) is 0.269. The van der Waals surface area contributed by atoms with E-state index in [4.69, 9.17) is 30.1 Å². The van der Waals surface area contributed by atoms with Gasteiger partial charge in [0, 0.05) is 30.2 Å². The smallest absolute Gasteiger partial charge is 0.310 e. The molecule has 7 nitrogen and oxygen atoms in total. The zero-order valence-corrected chi connectivity index (χ0v) is 21.5. The highest BCUT2D eigenvalue weighted by Crippen LogP contribution is 2.35. The Morgan fingerprint density at radius 1 is 1.00 bits per heavy atom. The van der Waals surface area contributed by atoms with Crippen molar-refractivity contribution in [2.75, 3.05) is 13.7 Å². The van der Waals surface area contributed by atoms with Gasteiger partial charge < -0.3 is 30.1 Å². The average molecular weight is 503 g/mol. The van der Waals surface area contributed by atoms with E-state index in [1.165, 1.54) is 0 Å². The lowest BCUT2D eigenvalue weighted by Crippen LogP contribution is -2.21. The van der Waals surface area contributed by atoms with Crippen LogP contribution in [0.3, 0.4) is 0 Å². The van der Waals surface area contributed by atoms with E-state index in [1.807, 2.05) is 61.5 Å². The molecule has 2 atom stereocenters. The van der Waals surface area contributed by atoms with Gasteiger partial charge >= 0.3 is 5.97 Å². The first-order valence-electron chi connectivity index (χ1n) is 12.4. The Balaban J connectivity index is 1.61. The number of hydrogen-bond donors (Lipinski definition) is 2. The van der Waals surface area contributed by atoms with Gasteiger partial charge in [-0.2, -0.15) is 0 Å². The summed E-state index contributed by atoms with van der Waals surface area (Å²) in [7, 11) is 1.58. The van der Waals surface area contributed by atoms with Gasteiger partial charge in [0.1, 0.15) is 29.8 Å². The number of methoxy groups -OCH3 is 1. The van der Waals surface area contributed by atoms with Crippen LogP contribution in [0.1, 0.15) is 42.3 Å². The molecule has 0 aliphatic heterocycles. The molecule has 3 aromatic carbocycles. The van der Waals surface area contributed by atoms with E-state index < -0.39 is 0 Å². The lowest BCUT2D eigenvalue weighted by Gasteiger charge is -2.15. The number of rotatable bonds is 11. The number of benzene rings is 3. The Kier molecular flexibility index (Phi) is 8.61. The molecule has 37 heavy (non-hydrogen) atoms. The Morgan fingerprint density at radius 2 is 1.81 bits per heavy atom. The van der Waals surface area contributed by atoms with Crippen LogP contribution in [0.25, 0.3) is 22.1 Å². The number of hydrogen-bond acceptors (Lipinski definition) is 7. The summed E-state index contributed by atoms with van der Waals surface area (Å²) < 4.78 is 22.8. The van der Waals surface area contributed by atoms with Crippen molar-refractivity contribution in [3.8, 4) is 16.9 Å². The molecule has 0 fully saturated rings. The summed E-state index contributed by atoms with van der Waals surface area (Å²) in [4.78, 5) is 12.4. The number of carbonyl (C=O) groups excluding carboxylic acids is 1. The average Bonchev–Trinajstić information content (AvgIpc) is 3.32. The summed E-state index contributed by atoms with van der Waals surface area (Å²) in [5.74, 6) is 1.02. The van der Waals surface area contributed by atoms with E-state index in [9.17, 15) is 4.79 Å². The van der Waals surface area contributed by atoms with Crippen LogP contribution in [0.2, 0.25) is 0 Å². The monoisotopic (exact) mass is 502 g/mol. The zero-order valence-electron chi connectivity index (χ0n) is 21.5. The minimum absolute atomic E-state index is 0.111. The summed E-state index contributed by atoms with van der Waals surface area (Å²) in [6, 6.07) is 21.5. The van der Waals surface area contributed by atoms with E-state index in [0.717, 1.165) is 44.5 Å². The van der Waals surface area contributed by atoms with Crippen molar-refractivity contribution in [2.45, 2.75) is 45.6 Å². The van der Waals surface area contributed by atoms with Gasteiger partial charge in [-0.25, -0.2) is 0 Å². The number of esters is 1. The summed E-state index contributed by atoms with van der Waals surface area (Å²) in [5.41, 5.74) is 17.5. The van der Waals surface area contributed by atoms with Gasteiger partial charge in [0.15, 0.2) is 0 Å². The molecule has 0 radical (unpaired) electrons. The van der Waals surface area contributed by atoms with E-state index in [2.05, 4.69) is 12.1 Å². The molecular weight excluding hydrogens is 468 g/mol. The molecule has 4 rings (SSSR count). The number of ether oxygens (including phenoxy) is 3. The van der Waals surface area contributed by atoms with Crippen LogP contribution in [0, 0.1) is 0 Å². The molecule has 0 aliphatic rings. The van der Waals surface area contributed by atoms with Crippen molar-refractivity contribution in [3.05, 3.63) is 89.2 Å². The highest BCUT2D eigenvalue weighted by Gasteiger charge is 2.16. The van der Waals surface area contributed by atoms with E-state index in [-0.39, 0.29) is 24.5 Å². The molecule has 0 saturated heterocycles. The standard InChI is InChI=1S/C30H34N2O5/c1-19(17-34-3)36-29(33)15-24-8-4-5-10-27(24)35-18-22-12-25-14-28(20(2)32)37-30(25)26(13-22)23-9-6-7-21(11-23)16-31/h4-14,19-20H,15-18,31-32H2,1-3H3. The molecule has 0 aliphatic carbocycles. The predicted molar refractivity (Wildman–Crippen MR) is 144 cm³/mol. The third kappa shape index (κ3) is 6.57. The third-order valence-electron chi connectivity index (χ3n) is 6.05. The Hall–Kier alpha value is -3.65. The molecule has 0 spiro atoms. The van der Waals surface area contributed by atoms with Gasteiger partial charge in [0.2, 0.25) is 0 Å². The molecule has 7 heteroatoms. The van der Waals surface area contributed by atoms with E-state index in [1.54, 1.807) is 14.0 Å². The fourth-order valence-corrected chi connectivity index (χ4v) is 4.27. The van der Waals surface area contributed by atoms with Gasteiger partial charge in [-0.3, -0.25) is 4.79 Å². The van der Waals surface area contributed by atoms with Crippen LogP contribution >= 0.6 is 0 Å². The first-order chi connectivity index (χ1) is 17.9. The van der Waals surface area contributed by atoms with Gasteiger partial charge in [-0.15, -0.1) is 0 Å². The minimum Gasteiger partial charge on any atom is -0.489 e. The van der Waals surface area contributed by atoms with Gasteiger partial charge in [0.05, 0.1) is 19.1 Å². The molecule has 4 aromatic rings. The van der Waals surface area contributed by atoms with Crippen molar-refractivity contribution in [2.24, 2.45) is 11.5 Å². The molecule has 4 N–H and O–H groups in total. The number of carbonyl (C=O) groups is 1. The van der Waals surface area contributed by atoms with Gasteiger partial charge in [-0.1, -0.05) is 36.4 Å². The van der Waals surface area contributed by atoms with E-state index >= 15 is 0 Å². The largest absolute Gasteiger partial charge is 0.489 e. The van der Waals surface area contributed by atoms with E-state index in [0.29, 0.717) is 25.5 Å². The van der Waals surface area contributed by atoms with Crippen LogP contribution in [0.4, 0.5) is 0 Å². The van der Waals surface area contributed by atoms with Crippen LogP contribution in [-0.2, 0) is 33.8 Å². The second-order valence-electron chi connectivity index (χ2n) is 9.23. The summed E-state index contributed by atoms with van der Waals surface area (Å²) in [6.07, 6.45) is -0.204. The highest BCUT2D eigenvalue weighted by atomic mass is 16.6. The maximum absolute atomic E-state index is 12.4. The van der Waals surface area contributed by atoms with Crippen LogP contribution in [0.5, 0.6) is 5.75 Å². The topological polar surface area (TPSA) is 110 Å². The lowest BCUT2D eigenvalue weighted by molar-refractivity contribution is -0.149. The Morgan fingerprint density at radius 3 is 2.57 bits per heavy atom. The highest BCUT2D eigenvalue weighted by molar-refractivity contribution is 5.93. The first kappa shape index (κ1) is 26.4. The van der Waals surface area contributed by atoms with Crippen molar-refractivity contribution >= 4 is 16.9 Å². The fourth-order valence-electron chi connectivity index (χ4n) is 4.27. The predicted octanol–water partition coefficient (Wildman–Crippen LogP) is 5.28. The third-order valence-corrected chi connectivity index (χ3v) is 6.05. The maximum Gasteiger partial charge on any atom is 0.310 e. The second kappa shape index (κ2) is 12.1. The minimum atomic E-state index is -0.328. The summed E-state index contributed by atoms with van der Waals surface area (Å²) in [5, 5.41) is 0.950. The van der Waals surface area contributed by atoms with Crippen molar-refractivity contribution in [1.29, 1.82) is 0 Å². The number of furan rings is 1. The fraction of sp³-hybridized carbons (Fsp3) is 0.300. The molecule has 194 valence electrons. The Labute approximate surface area is 217 Å². The molecule has 0 amide bonds. The van der Waals surface area contributed by atoms with Crippen LogP contribution in [-0.4, -0.2) is 25.8 Å². The van der Waals surface area contributed by atoms with Crippen LogP contribution < -0.4 is 16.2 Å². The lowest BCUT2D eigenvalue weighted by atomic mass is 9.99. The normalized spacial score (nSPS) is 12.9. The molecular formula is C30H34N2O5. The molecule has 0 saturated carbocycles. The number of para-hydroxylation sites is 1. The first-order valence-corrected chi connectivity index (χ1v) is 12.4. The molecule has 2 unspecified atom stereocenters. The Bertz CT molecular complexity index is 1360. The maximum atomic E-state index is 12.4. The van der Waals surface area contributed by atoms with Gasteiger partial charge in [0.25, 0.3) is 0 Å². The summed E-state index contributed by atoms with van der Waals surface area (Å²) >= 11 is 0. The second-order valence-corrected chi connectivity index (χ2v) is 9.23. The molecule has 1 heterocycles. The molecule has 1 aromatic heterocycles. The molecule has 0 bridgehead atoms. The van der Waals surface area contributed by atoms with Crippen molar-refractivity contribution in [3.63, 3.8) is 0 Å².